The van der Waals surface area contributed by atoms with E-state index in [1.165, 1.54) is 11.3 Å². The second-order valence-corrected chi connectivity index (χ2v) is 8.27. The van der Waals surface area contributed by atoms with Crippen molar-refractivity contribution in [3.05, 3.63) is 29.8 Å². The van der Waals surface area contributed by atoms with Gasteiger partial charge >= 0.3 is 0 Å². The quantitative estimate of drug-likeness (QED) is 0.775. The molecular formula is C22H33N3O2. The molecule has 3 rings (SSSR count). The highest BCUT2D eigenvalue weighted by molar-refractivity contribution is 5.79. The van der Waals surface area contributed by atoms with Crippen LogP contribution < -0.4 is 15.5 Å². The molecule has 1 aliphatic carbocycles. The molecule has 1 fully saturated rings. The number of nitrogens with one attached hydrogen (secondary N) is 2. The second kappa shape index (κ2) is 9.25. The van der Waals surface area contributed by atoms with Crippen LogP contribution in [0.1, 0.15) is 45.1 Å². The van der Waals surface area contributed by atoms with E-state index in [0.717, 1.165) is 51.7 Å². The van der Waals surface area contributed by atoms with Gasteiger partial charge in [0.05, 0.1) is 0 Å². The summed E-state index contributed by atoms with van der Waals surface area (Å²) in [5.74, 6) is 1.01. The summed E-state index contributed by atoms with van der Waals surface area (Å²) in [5.41, 5.74) is 2.72. The molecule has 1 aromatic rings. The Morgan fingerprint density at radius 3 is 2.59 bits per heavy atom. The third-order valence-corrected chi connectivity index (χ3v) is 5.97. The number of carbonyl (C=O) groups is 2. The fourth-order valence-electron chi connectivity index (χ4n) is 4.18. The van der Waals surface area contributed by atoms with Crippen LogP contribution in [0.4, 0.5) is 5.69 Å². The smallest absolute Gasteiger partial charge is 0.223 e. The second-order valence-electron chi connectivity index (χ2n) is 8.27. The highest BCUT2D eigenvalue weighted by atomic mass is 16.2. The Bertz CT molecular complexity index is 651. The lowest BCUT2D eigenvalue weighted by atomic mass is 9.81. The molecule has 5 nitrogen and oxygen atoms in total. The van der Waals surface area contributed by atoms with Gasteiger partial charge < -0.3 is 15.5 Å². The summed E-state index contributed by atoms with van der Waals surface area (Å²) >= 11 is 0. The Morgan fingerprint density at radius 2 is 1.85 bits per heavy atom. The van der Waals surface area contributed by atoms with Crippen LogP contribution in [-0.4, -0.2) is 38.0 Å². The highest BCUT2D eigenvalue weighted by Crippen LogP contribution is 2.29. The van der Waals surface area contributed by atoms with E-state index in [0.29, 0.717) is 12.5 Å². The van der Waals surface area contributed by atoms with Gasteiger partial charge in [0.2, 0.25) is 11.8 Å². The summed E-state index contributed by atoms with van der Waals surface area (Å²) in [6.07, 6.45) is 5.01. The Kier molecular flexibility index (Phi) is 6.75. The van der Waals surface area contributed by atoms with Gasteiger partial charge in [-0.2, -0.15) is 0 Å². The molecule has 1 heterocycles. The maximum absolute atomic E-state index is 12.5. The first-order valence-electron chi connectivity index (χ1n) is 10.4. The van der Waals surface area contributed by atoms with E-state index in [1.54, 1.807) is 0 Å². The van der Waals surface area contributed by atoms with Gasteiger partial charge in [0, 0.05) is 43.7 Å². The minimum Gasteiger partial charge on any atom is -0.369 e. The molecule has 1 aliphatic heterocycles. The Hall–Kier alpha value is -2.04. The van der Waals surface area contributed by atoms with Crippen molar-refractivity contribution in [2.75, 3.05) is 31.1 Å². The van der Waals surface area contributed by atoms with Gasteiger partial charge in [-0.25, -0.2) is 0 Å². The molecule has 1 saturated carbocycles. The standard InChI is InChI=1S/C22H33N3O2/c1-16(2)21(26)24-15-17-7-9-19(10-8-17)22(27)23-12-14-25-13-11-18-5-3-4-6-20(18)25/h3-6,16-17,19H,7-15H2,1-2H3,(H,23,27)(H,24,26). The molecule has 0 aromatic heterocycles. The first kappa shape index (κ1) is 19.7. The first-order valence-corrected chi connectivity index (χ1v) is 10.4. The minimum atomic E-state index is 0.0367. The molecule has 2 amide bonds. The summed E-state index contributed by atoms with van der Waals surface area (Å²) in [4.78, 5) is 26.5. The summed E-state index contributed by atoms with van der Waals surface area (Å²) in [7, 11) is 0. The van der Waals surface area contributed by atoms with Crippen molar-refractivity contribution in [2.45, 2.75) is 46.0 Å². The Morgan fingerprint density at radius 1 is 1.11 bits per heavy atom. The van der Waals surface area contributed by atoms with Crippen molar-refractivity contribution in [1.29, 1.82) is 0 Å². The zero-order valence-corrected chi connectivity index (χ0v) is 16.7. The van der Waals surface area contributed by atoms with E-state index in [2.05, 4.69) is 39.8 Å². The molecule has 0 spiro atoms. The van der Waals surface area contributed by atoms with E-state index in [1.807, 2.05) is 13.8 Å². The predicted molar refractivity (Wildman–Crippen MR) is 109 cm³/mol. The molecule has 148 valence electrons. The molecule has 1 aromatic carbocycles. The fraction of sp³-hybridized carbons (Fsp3) is 0.636. The normalized spacial score (nSPS) is 21.8. The molecule has 5 heteroatoms. The molecule has 27 heavy (non-hydrogen) atoms. The number of hydrogen-bond acceptors (Lipinski definition) is 3. The molecule has 2 aliphatic rings. The number of amides is 2. The van der Waals surface area contributed by atoms with E-state index < -0.39 is 0 Å². The van der Waals surface area contributed by atoms with Gasteiger partial charge in [-0.15, -0.1) is 0 Å². The number of para-hydroxylation sites is 1. The van der Waals surface area contributed by atoms with Gasteiger partial charge in [0.25, 0.3) is 0 Å². The van der Waals surface area contributed by atoms with Gasteiger partial charge in [-0.05, 0) is 49.7 Å². The van der Waals surface area contributed by atoms with Crippen LogP contribution in [0, 0.1) is 17.8 Å². The van der Waals surface area contributed by atoms with Gasteiger partial charge in [0.15, 0.2) is 0 Å². The number of benzene rings is 1. The molecule has 0 unspecified atom stereocenters. The number of nitrogens with zero attached hydrogens (tertiary/aromatic N) is 1. The van der Waals surface area contributed by atoms with Crippen LogP contribution in [-0.2, 0) is 16.0 Å². The molecule has 0 bridgehead atoms. The van der Waals surface area contributed by atoms with Crippen molar-refractivity contribution in [3.8, 4) is 0 Å². The van der Waals surface area contributed by atoms with Gasteiger partial charge in [0.1, 0.15) is 0 Å². The number of carbonyl (C=O) groups excluding carboxylic acids is 2. The zero-order chi connectivity index (χ0) is 19.2. The zero-order valence-electron chi connectivity index (χ0n) is 16.7. The third-order valence-electron chi connectivity index (χ3n) is 5.97. The highest BCUT2D eigenvalue weighted by Gasteiger charge is 2.26. The van der Waals surface area contributed by atoms with E-state index in [-0.39, 0.29) is 23.7 Å². The lowest BCUT2D eigenvalue weighted by Gasteiger charge is -2.28. The maximum Gasteiger partial charge on any atom is 0.223 e. The minimum absolute atomic E-state index is 0.0367. The van der Waals surface area contributed by atoms with Crippen molar-refractivity contribution < 1.29 is 9.59 Å². The Balaban J connectivity index is 1.34. The van der Waals surface area contributed by atoms with Crippen molar-refractivity contribution in [2.24, 2.45) is 17.8 Å². The summed E-state index contributed by atoms with van der Waals surface area (Å²) in [6.45, 7) is 7.20. The lowest BCUT2D eigenvalue weighted by molar-refractivity contribution is -0.127. The summed E-state index contributed by atoms with van der Waals surface area (Å²) in [5, 5.41) is 6.16. The van der Waals surface area contributed by atoms with Gasteiger partial charge in [-0.3, -0.25) is 9.59 Å². The van der Waals surface area contributed by atoms with Crippen LogP contribution in [0.25, 0.3) is 0 Å². The number of hydrogen-bond donors (Lipinski definition) is 2. The van der Waals surface area contributed by atoms with Crippen LogP contribution in [0.3, 0.4) is 0 Å². The van der Waals surface area contributed by atoms with E-state index in [9.17, 15) is 9.59 Å². The largest absolute Gasteiger partial charge is 0.369 e. The van der Waals surface area contributed by atoms with Crippen LogP contribution in [0.15, 0.2) is 24.3 Å². The topological polar surface area (TPSA) is 61.4 Å². The Labute approximate surface area is 162 Å². The molecule has 0 radical (unpaired) electrons. The maximum atomic E-state index is 12.5. The SMILES string of the molecule is CC(C)C(=O)NCC1CCC(C(=O)NCCN2CCc3ccccc32)CC1. The fourth-order valence-corrected chi connectivity index (χ4v) is 4.18. The average Bonchev–Trinajstić information content (AvgIpc) is 3.09. The number of fused-ring (bicyclic) bond motifs is 1. The molecular weight excluding hydrogens is 338 g/mol. The summed E-state index contributed by atoms with van der Waals surface area (Å²) < 4.78 is 0. The predicted octanol–water partition coefficient (Wildman–Crippen LogP) is 2.74. The van der Waals surface area contributed by atoms with Crippen molar-refractivity contribution in [3.63, 3.8) is 0 Å². The van der Waals surface area contributed by atoms with Crippen molar-refractivity contribution in [1.82, 2.24) is 10.6 Å². The third kappa shape index (κ3) is 5.24. The number of anilines is 1. The van der Waals surface area contributed by atoms with E-state index >= 15 is 0 Å². The monoisotopic (exact) mass is 371 g/mol. The van der Waals surface area contributed by atoms with E-state index in [4.69, 9.17) is 0 Å². The molecule has 0 atom stereocenters. The molecule has 2 N–H and O–H groups in total. The average molecular weight is 372 g/mol. The van der Waals surface area contributed by atoms with Crippen LogP contribution in [0.5, 0.6) is 0 Å². The van der Waals surface area contributed by atoms with Crippen LogP contribution >= 0.6 is 0 Å². The lowest BCUT2D eigenvalue weighted by Crippen LogP contribution is -2.39. The number of rotatable bonds is 7. The molecule has 0 saturated heterocycles. The first-order chi connectivity index (χ1) is 13.0. The van der Waals surface area contributed by atoms with Crippen molar-refractivity contribution >= 4 is 17.5 Å². The van der Waals surface area contributed by atoms with Crippen LogP contribution in [0.2, 0.25) is 0 Å². The summed E-state index contributed by atoms with van der Waals surface area (Å²) in [6, 6.07) is 8.53. The van der Waals surface area contributed by atoms with Gasteiger partial charge in [-0.1, -0.05) is 32.0 Å².